The van der Waals surface area contributed by atoms with E-state index in [-0.39, 0.29) is 11.2 Å². The number of carbonyl (C=O) groups excluding carboxylic acids is 1. The summed E-state index contributed by atoms with van der Waals surface area (Å²) in [5, 5.41) is 4.22. The molecule has 144 valence electrons. The van der Waals surface area contributed by atoms with Crippen LogP contribution >= 0.6 is 35.0 Å². The van der Waals surface area contributed by atoms with E-state index in [4.69, 9.17) is 23.2 Å². The molecule has 1 unspecified atom stereocenters. The second-order valence-corrected chi connectivity index (χ2v) is 8.17. The number of thioether (sulfide) groups is 1. The second-order valence-electron chi connectivity index (χ2n) is 6.14. The minimum Gasteiger partial charge on any atom is -0.325 e. The van der Waals surface area contributed by atoms with Crippen molar-refractivity contribution in [3.8, 4) is 11.3 Å². The van der Waals surface area contributed by atoms with Crippen molar-refractivity contribution in [3.05, 3.63) is 70.5 Å². The van der Waals surface area contributed by atoms with E-state index in [9.17, 15) is 4.79 Å². The zero-order valence-corrected chi connectivity index (χ0v) is 17.8. The van der Waals surface area contributed by atoms with Gasteiger partial charge < -0.3 is 5.32 Å². The molecule has 0 aliphatic carbocycles. The van der Waals surface area contributed by atoms with Gasteiger partial charge >= 0.3 is 0 Å². The number of aromatic nitrogens is 2. The molecular weight excluding hydrogens is 413 g/mol. The second kappa shape index (κ2) is 9.41. The number of hydrogen-bond donors (Lipinski definition) is 1. The molecule has 0 fully saturated rings. The first-order chi connectivity index (χ1) is 13.5. The Hall–Kier alpha value is -2.08. The fraction of sp³-hybridized carbons (Fsp3) is 0.190. The van der Waals surface area contributed by atoms with Crippen molar-refractivity contribution >= 4 is 46.6 Å². The Morgan fingerprint density at radius 1 is 1.07 bits per heavy atom. The van der Waals surface area contributed by atoms with Crippen molar-refractivity contribution in [3.63, 3.8) is 0 Å². The number of hydrogen-bond acceptors (Lipinski definition) is 4. The van der Waals surface area contributed by atoms with Crippen molar-refractivity contribution in [1.82, 2.24) is 9.97 Å². The molecule has 1 heterocycles. The van der Waals surface area contributed by atoms with Gasteiger partial charge in [-0.15, -0.1) is 0 Å². The first-order valence-electron chi connectivity index (χ1n) is 8.80. The van der Waals surface area contributed by atoms with Gasteiger partial charge in [-0.25, -0.2) is 9.97 Å². The van der Waals surface area contributed by atoms with Crippen LogP contribution in [0.4, 0.5) is 5.69 Å². The Kier molecular flexibility index (Phi) is 6.94. The lowest BCUT2D eigenvalue weighted by atomic mass is 10.1. The lowest BCUT2D eigenvalue weighted by molar-refractivity contribution is -0.115. The average molecular weight is 432 g/mol. The molecule has 0 aliphatic heterocycles. The minimum atomic E-state index is -0.299. The molecule has 3 rings (SSSR count). The van der Waals surface area contributed by atoms with Gasteiger partial charge in [-0.05, 0) is 37.6 Å². The van der Waals surface area contributed by atoms with Crippen LogP contribution in [0.15, 0.2) is 59.6 Å². The standard InChI is InChI=1S/C21H19Cl2N3OS/c1-3-19(21(27)26-15-9-10-16(22)17(23)11-15)28-20-12-18(24-13(2)25-20)14-7-5-4-6-8-14/h4-12,19H,3H2,1-2H3,(H,26,27). The number of nitrogens with zero attached hydrogens (tertiary/aromatic N) is 2. The third kappa shape index (κ3) is 5.25. The van der Waals surface area contributed by atoms with Crippen LogP contribution in [0.2, 0.25) is 10.0 Å². The summed E-state index contributed by atoms with van der Waals surface area (Å²) in [6, 6.07) is 16.9. The zero-order valence-electron chi connectivity index (χ0n) is 15.4. The van der Waals surface area contributed by atoms with E-state index < -0.39 is 0 Å². The molecule has 1 N–H and O–H groups in total. The summed E-state index contributed by atoms with van der Waals surface area (Å²) in [5.74, 6) is 0.562. The largest absolute Gasteiger partial charge is 0.325 e. The summed E-state index contributed by atoms with van der Waals surface area (Å²) in [6.07, 6.45) is 0.654. The predicted molar refractivity (Wildman–Crippen MR) is 117 cm³/mol. The normalized spacial score (nSPS) is 11.9. The molecule has 1 amide bonds. The van der Waals surface area contributed by atoms with E-state index in [1.807, 2.05) is 50.2 Å². The number of anilines is 1. The number of aryl methyl sites for hydroxylation is 1. The van der Waals surface area contributed by atoms with Crippen LogP contribution in [-0.2, 0) is 4.79 Å². The molecule has 2 aromatic carbocycles. The molecule has 1 aromatic heterocycles. The molecule has 0 aliphatic rings. The van der Waals surface area contributed by atoms with Crippen molar-refractivity contribution in [2.45, 2.75) is 30.5 Å². The number of benzene rings is 2. The number of rotatable bonds is 6. The van der Waals surface area contributed by atoms with E-state index >= 15 is 0 Å². The number of amides is 1. The van der Waals surface area contributed by atoms with Crippen LogP contribution in [0.5, 0.6) is 0 Å². The fourth-order valence-corrected chi connectivity index (χ4v) is 3.91. The van der Waals surface area contributed by atoms with Gasteiger partial charge in [0, 0.05) is 11.3 Å². The van der Waals surface area contributed by atoms with Gasteiger partial charge in [-0.1, -0.05) is 72.2 Å². The molecule has 0 saturated carbocycles. The topological polar surface area (TPSA) is 54.9 Å². The Morgan fingerprint density at radius 3 is 2.50 bits per heavy atom. The summed E-state index contributed by atoms with van der Waals surface area (Å²) in [7, 11) is 0. The Labute approximate surface area is 178 Å². The lowest BCUT2D eigenvalue weighted by Crippen LogP contribution is -2.24. The quantitative estimate of drug-likeness (QED) is 0.369. The Balaban J connectivity index is 1.77. The van der Waals surface area contributed by atoms with Crippen molar-refractivity contribution < 1.29 is 4.79 Å². The van der Waals surface area contributed by atoms with Crippen LogP contribution in [0, 0.1) is 6.92 Å². The van der Waals surface area contributed by atoms with Crippen molar-refractivity contribution in [2.75, 3.05) is 5.32 Å². The Bertz CT molecular complexity index is 983. The first kappa shape index (κ1) is 20.6. The maximum atomic E-state index is 12.7. The van der Waals surface area contributed by atoms with Crippen molar-refractivity contribution in [2.24, 2.45) is 0 Å². The molecular formula is C21H19Cl2N3OS. The van der Waals surface area contributed by atoms with Crippen LogP contribution in [0.25, 0.3) is 11.3 Å². The summed E-state index contributed by atoms with van der Waals surface area (Å²) >= 11 is 13.4. The van der Waals surface area contributed by atoms with Gasteiger partial charge in [0.1, 0.15) is 10.9 Å². The van der Waals surface area contributed by atoms with Crippen LogP contribution in [0.1, 0.15) is 19.2 Å². The highest BCUT2D eigenvalue weighted by Crippen LogP contribution is 2.29. The first-order valence-corrected chi connectivity index (χ1v) is 10.4. The highest BCUT2D eigenvalue weighted by atomic mass is 35.5. The Morgan fingerprint density at radius 2 is 1.82 bits per heavy atom. The van der Waals surface area contributed by atoms with E-state index in [1.165, 1.54) is 11.8 Å². The maximum absolute atomic E-state index is 12.7. The molecule has 3 aromatic rings. The zero-order chi connectivity index (χ0) is 20.1. The van der Waals surface area contributed by atoms with E-state index in [2.05, 4.69) is 15.3 Å². The summed E-state index contributed by atoms with van der Waals surface area (Å²) in [4.78, 5) is 21.7. The van der Waals surface area contributed by atoms with E-state index in [0.717, 1.165) is 16.3 Å². The minimum absolute atomic E-state index is 0.108. The monoisotopic (exact) mass is 431 g/mol. The van der Waals surface area contributed by atoms with Crippen molar-refractivity contribution in [1.29, 1.82) is 0 Å². The van der Waals surface area contributed by atoms with Crippen LogP contribution in [0.3, 0.4) is 0 Å². The number of nitrogens with one attached hydrogen (secondary N) is 1. The molecule has 0 saturated heterocycles. The molecule has 1 atom stereocenters. The third-order valence-corrected chi connectivity index (χ3v) is 6.02. The smallest absolute Gasteiger partial charge is 0.237 e. The average Bonchev–Trinajstić information content (AvgIpc) is 2.69. The van der Waals surface area contributed by atoms with Gasteiger partial charge in [0.05, 0.1) is 21.0 Å². The predicted octanol–water partition coefficient (Wildman–Crippen LogP) is 6.27. The van der Waals surface area contributed by atoms with E-state index in [1.54, 1.807) is 18.2 Å². The van der Waals surface area contributed by atoms with Crippen LogP contribution in [-0.4, -0.2) is 21.1 Å². The molecule has 7 heteroatoms. The third-order valence-electron chi connectivity index (χ3n) is 4.00. The van der Waals surface area contributed by atoms with Crippen LogP contribution < -0.4 is 5.32 Å². The maximum Gasteiger partial charge on any atom is 0.237 e. The number of halogens is 2. The van der Waals surface area contributed by atoms with E-state index in [0.29, 0.717) is 28.0 Å². The summed E-state index contributed by atoms with van der Waals surface area (Å²) < 4.78 is 0. The van der Waals surface area contributed by atoms with Gasteiger partial charge in [-0.2, -0.15) is 0 Å². The van der Waals surface area contributed by atoms with Gasteiger partial charge in [0.2, 0.25) is 5.91 Å². The summed E-state index contributed by atoms with van der Waals surface area (Å²) in [6.45, 7) is 3.82. The SMILES string of the molecule is CCC(Sc1cc(-c2ccccc2)nc(C)n1)C(=O)Nc1ccc(Cl)c(Cl)c1. The molecule has 0 radical (unpaired) electrons. The number of carbonyl (C=O) groups is 1. The van der Waals surface area contributed by atoms with Gasteiger partial charge in [0.15, 0.2) is 0 Å². The van der Waals surface area contributed by atoms with Gasteiger partial charge in [-0.3, -0.25) is 4.79 Å². The highest BCUT2D eigenvalue weighted by molar-refractivity contribution is 8.00. The molecule has 28 heavy (non-hydrogen) atoms. The van der Waals surface area contributed by atoms with Gasteiger partial charge in [0.25, 0.3) is 0 Å². The molecule has 4 nitrogen and oxygen atoms in total. The highest BCUT2D eigenvalue weighted by Gasteiger charge is 2.20. The lowest BCUT2D eigenvalue weighted by Gasteiger charge is -2.15. The fourth-order valence-electron chi connectivity index (χ4n) is 2.62. The molecule has 0 spiro atoms. The molecule has 0 bridgehead atoms. The summed E-state index contributed by atoms with van der Waals surface area (Å²) in [5.41, 5.74) is 2.47.